The van der Waals surface area contributed by atoms with Crippen molar-refractivity contribution < 1.29 is 14.3 Å². The number of pyridine rings is 1. The third-order valence-electron chi connectivity index (χ3n) is 6.11. The van der Waals surface area contributed by atoms with Crippen molar-refractivity contribution in [2.75, 3.05) is 50.7 Å². The number of nitrogens with zero attached hydrogens (tertiary/aromatic N) is 4. The molecule has 2 aromatic heterocycles. The Kier molecular flexibility index (Phi) is 7.42. The van der Waals surface area contributed by atoms with E-state index in [1.165, 1.54) is 11.3 Å². The first kappa shape index (κ1) is 23.4. The van der Waals surface area contributed by atoms with Crippen molar-refractivity contribution >= 4 is 38.3 Å². The lowest BCUT2D eigenvalue weighted by Gasteiger charge is -2.29. The van der Waals surface area contributed by atoms with Gasteiger partial charge in [0, 0.05) is 37.4 Å². The van der Waals surface area contributed by atoms with Crippen LogP contribution in [0.1, 0.15) is 36.3 Å². The summed E-state index contributed by atoms with van der Waals surface area (Å²) in [6, 6.07) is 8.01. The van der Waals surface area contributed by atoms with E-state index < -0.39 is 0 Å². The van der Waals surface area contributed by atoms with E-state index in [0.717, 1.165) is 41.1 Å². The maximum atomic E-state index is 13.0. The molecule has 1 fully saturated rings. The molecule has 8 nitrogen and oxygen atoms in total. The van der Waals surface area contributed by atoms with Crippen LogP contribution in [-0.4, -0.2) is 67.3 Å². The van der Waals surface area contributed by atoms with Gasteiger partial charge in [-0.3, -0.25) is 20.0 Å². The van der Waals surface area contributed by atoms with Crippen LogP contribution in [0.25, 0.3) is 10.2 Å². The minimum Gasteiger partial charge on any atom is -0.494 e. The number of anilines is 2. The van der Waals surface area contributed by atoms with E-state index in [2.05, 4.69) is 52.0 Å². The molecule has 1 aliphatic rings. The number of thiazole rings is 1. The quantitative estimate of drug-likeness (QED) is 0.534. The average molecular weight is 470 g/mol. The van der Waals surface area contributed by atoms with Crippen LogP contribution in [-0.2, 0) is 11.3 Å². The highest BCUT2D eigenvalue weighted by Gasteiger charge is 2.20. The summed E-state index contributed by atoms with van der Waals surface area (Å²) in [5.41, 5.74) is 3.28. The molecule has 1 atom stereocenters. The maximum Gasteiger partial charge on any atom is 0.257 e. The van der Waals surface area contributed by atoms with Gasteiger partial charge in [-0.2, -0.15) is 0 Å². The molecule has 1 aliphatic heterocycles. The SMILES string of the molecule is CCC(C)N(C)Cc1cc(C(=O)Nc2nc3c(OC)ccc(N4CCOCC4)c3s2)ccn1. The summed E-state index contributed by atoms with van der Waals surface area (Å²) in [6.07, 6.45) is 2.75. The number of nitrogens with one attached hydrogen (secondary N) is 1. The third kappa shape index (κ3) is 5.26. The summed E-state index contributed by atoms with van der Waals surface area (Å²) in [7, 11) is 3.71. The van der Waals surface area contributed by atoms with Crippen LogP contribution < -0.4 is 15.0 Å². The van der Waals surface area contributed by atoms with Crippen molar-refractivity contribution in [2.24, 2.45) is 0 Å². The first-order chi connectivity index (χ1) is 16.0. The van der Waals surface area contributed by atoms with Gasteiger partial charge in [-0.05, 0) is 44.7 Å². The Hall–Kier alpha value is -2.75. The van der Waals surface area contributed by atoms with Crippen LogP contribution in [0.4, 0.5) is 10.8 Å². The van der Waals surface area contributed by atoms with Gasteiger partial charge in [-0.1, -0.05) is 18.3 Å². The average Bonchev–Trinajstić information content (AvgIpc) is 3.27. The number of morpholine rings is 1. The molecular weight excluding hydrogens is 438 g/mol. The van der Waals surface area contributed by atoms with E-state index in [1.54, 1.807) is 19.4 Å². The molecule has 3 heterocycles. The molecule has 9 heteroatoms. The molecule has 1 unspecified atom stereocenters. The van der Waals surface area contributed by atoms with Gasteiger partial charge >= 0.3 is 0 Å². The number of carbonyl (C=O) groups excluding carboxylic acids is 1. The molecule has 4 rings (SSSR count). The monoisotopic (exact) mass is 469 g/mol. The Morgan fingerprint density at radius 2 is 2.12 bits per heavy atom. The van der Waals surface area contributed by atoms with Crippen molar-refractivity contribution in [2.45, 2.75) is 32.9 Å². The number of rotatable bonds is 8. The Balaban J connectivity index is 1.56. The topological polar surface area (TPSA) is 79.8 Å². The number of amides is 1. The van der Waals surface area contributed by atoms with Gasteiger partial charge in [0.05, 0.1) is 36.4 Å². The van der Waals surface area contributed by atoms with Crippen molar-refractivity contribution in [1.29, 1.82) is 0 Å². The van der Waals surface area contributed by atoms with Crippen molar-refractivity contribution in [3.05, 3.63) is 41.7 Å². The van der Waals surface area contributed by atoms with E-state index in [9.17, 15) is 4.79 Å². The lowest BCUT2D eigenvalue weighted by atomic mass is 10.2. The second-order valence-electron chi connectivity index (χ2n) is 8.25. The second kappa shape index (κ2) is 10.5. The number of benzene rings is 1. The predicted molar refractivity (Wildman–Crippen MR) is 133 cm³/mol. The van der Waals surface area contributed by atoms with Gasteiger partial charge in [0.15, 0.2) is 5.13 Å². The number of carbonyl (C=O) groups is 1. The van der Waals surface area contributed by atoms with Crippen molar-refractivity contribution in [3.8, 4) is 5.75 Å². The largest absolute Gasteiger partial charge is 0.494 e. The summed E-state index contributed by atoms with van der Waals surface area (Å²) >= 11 is 1.46. The zero-order chi connectivity index (χ0) is 23.4. The van der Waals surface area contributed by atoms with Gasteiger partial charge in [0.2, 0.25) is 0 Å². The molecule has 176 valence electrons. The zero-order valence-corrected chi connectivity index (χ0v) is 20.4. The summed E-state index contributed by atoms with van der Waals surface area (Å²) in [5.74, 6) is 0.494. The minimum atomic E-state index is -0.198. The number of hydrogen-bond donors (Lipinski definition) is 1. The van der Waals surface area contributed by atoms with Crippen LogP contribution in [0.15, 0.2) is 30.5 Å². The highest BCUT2D eigenvalue weighted by Crippen LogP contribution is 2.39. The number of hydrogen-bond acceptors (Lipinski definition) is 8. The van der Waals surface area contributed by atoms with Crippen LogP contribution >= 0.6 is 11.3 Å². The number of ether oxygens (including phenoxy) is 2. The molecule has 0 bridgehead atoms. The van der Waals surface area contributed by atoms with E-state index in [4.69, 9.17) is 9.47 Å². The number of fused-ring (bicyclic) bond motifs is 1. The van der Waals surface area contributed by atoms with E-state index in [-0.39, 0.29) is 5.91 Å². The Labute approximate surface area is 198 Å². The van der Waals surface area contributed by atoms with Gasteiger partial charge in [0.25, 0.3) is 5.91 Å². The molecule has 1 saturated heterocycles. The van der Waals surface area contributed by atoms with Gasteiger partial charge < -0.3 is 14.4 Å². The van der Waals surface area contributed by atoms with Crippen LogP contribution in [0.2, 0.25) is 0 Å². The first-order valence-electron chi connectivity index (χ1n) is 11.3. The molecule has 1 aromatic carbocycles. The fraction of sp³-hybridized carbons (Fsp3) is 0.458. The summed E-state index contributed by atoms with van der Waals surface area (Å²) in [5, 5.41) is 3.52. The highest BCUT2D eigenvalue weighted by molar-refractivity contribution is 7.23. The van der Waals surface area contributed by atoms with Crippen LogP contribution in [0.5, 0.6) is 5.75 Å². The van der Waals surface area contributed by atoms with E-state index >= 15 is 0 Å². The summed E-state index contributed by atoms with van der Waals surface area (Å²) in [4.78, 5) is 26.7. The van der Waals surface area contributed by atoms with E-state index in [0.29, 0.717) is 42.2 Å². The Morgan fingerprint density at radius 1 is 1.33 bits per heavy atom. The van der Waals surface area contributed by atoms with Gasteiger partial charge in [0.1, 0.15) is 11.3 Å². The normalized spacial score (nSPS) is 15.1. The van der Waals surface area contributed by atoms with Crippen LogP contribution in [0.3, 0.4) is 0 Å². The molecule has 1 amide bonds. The van der Waals surface area contributed by atoms with Crippen molar-refractivity contribution in [3.63, 3.8) is 0 Å². The zero-order valence-electron chi connectivity index (χ0n) is 19.6. The third-order valence-corrected chi connectivity index (χ3v) is 7.10. The molecular formula is C24H31N5O3S. The fourth-order valence-electron chi connectivity index (χ4n) is 3.84. The second-order valence-corrected chi connectivity index (χ2v) is 9.24. The minimum absolute atomic E-state index is 0.198. The van der Waals surface area contributed by atoms with Gasteiger partial charge in [-0.25, -0.2) is 4.98 Å². The smallest absolute Gasteiger partial charge is 0.257 e. The highest BCUT2D eigenvalue weighted by atomic mass is 32.1. The lowest BCUT2D eigenvalue weighted by molar-refractivity contribution is 0.102. The Morgan fingerprint density at radius 3 is 2.85 bits per heavy atom. The molecule has 0 spiro atoms. The molecule has 0 aliphatic carbocycles. The van der Waals surface area contributed by atoms with Crippen LogP contribution in [0, 0.1) is 0 Å². The predicted octanol–water partition coefficient (Wildman–Crippen LogP) is 4.02. The molecule has 0 saturated carbocycles. The van der Waals surface area contributed by atoms with Crippen molar-refractivity contribution in [1.82, 2.24) is 14.9 Å². The molecule has 0 radical (unpaired) electrons. The first-order valence-corrected chi connectivity index (χ1v) is 12.1. The fourth-order valence-corrected chi connectivity index (χ4v) is 4.86. The van der Waals surface area contributed by atoms with E-state index in [1.807, 2.05) is 12.1 Å². The Bertz CT molecular complexity index is 1110. The number of methoxy groups -OCH3 is 1. The maximum absolute atomic E-state index is 13.0. The summed E-state index contributed by atoms with van der Waals surface area (Å²) < 4.78 is 12.0. The number of aromatic nitrogens is 2. The molecule has 1 N–H and O–H groups in total. The summed E-state index contributed by atoms with van der Waals surface area (Å²) in [6.45, 7) is 8.09. The standard InChI is InChI=1S/C24H31N5O3S/c1-5-16(2)28(3)15-18-14-17(8-9-25-18)23(30)27-24-26-21-20(31-4)7-6-19(22(21)33-24)29-10-12-32-13-11-29/h6-9,14,16H,5,10-13,15H2,1-4H3,(H,26,27,30). The lowest BCUT2D eigenvalue weighted by Crippen LogP contribution is -2.36. The van der Waals surface area contributed by atoms with Gasteiger partial charge in [-0.15, -0.1) is 0 Å². The molecule has 33 heavy (non-hydrogen) atoms. The molecule has 3 aromatic rings.